The smallest absolute Gasteiger partial charge is 0.162 e. The molecule has 0 saturated heterocycles. The zero-order valence-corrected chi connectivity index (χ0v) is 19.8. The molecule has 2 aromatic carbocycles. The van der Waals surface area contributed by atoms with Crippen molar-refractivity contribution in [1.29, 1.82) is 0 Å². The second kappa shape index (κ2) is 9.90. The summed E-state index contributed by atoms with van der Waals surface area (Å²) in [6, 6.07) is 12.4. The third-order valence-electron chi connectivity index (χ3n) is 5.62. The minimum Gasteiger partial charge on any atom is -0.493 e. The first-order valence-electron chi connectivity index (χ1n) is 11.3. The van der Waals surface area contributed by atoms with Gasteiger partial charge >= 0.3 is 0 Å². The summed E-state index contributed by atoms with van der Waals surface area (Å²) in [5.74, 6) is 3.42. The van der Waals surface area contributed by atoms with Crippen LogP contribution in [0, 0.1) is 12.8 Å². The lowest BCUT2D eigenvalue weighted by atomic mass is 10.0. The van der Waals surface area contributed by atoms with Crippen molar-refractivity contribution >= 4 is 16.7 Å². The molecule has 0 saturated carbocycles. The van der Waals surface area contributed by atoms with Crippen molar-refractivity contribution in [3.63, 3.8) is 0 Å². The molecule has 0 aliphatic heterocycles. The number of fused-ring (bicyclic) bond motifs is 1. The molecule has 1 atom stereocenters. The first-order chi connectivity index (χ1) is 15.9. The van der Waals surface area contributed by atoms with Crippen LogP contribution in [0.3, 0.4) is 0 Å². The molecule has 33 heavy (non-hydrogen) atoms. The van der Waals surface area contributed by atoms with Crippen molar-refractivity contribution in [1.82, 2.24) is 20.2 Å². The fourth-order valence-electron chi connectivity index (χ4n) is 3.72. The second-order valence-electron chi connectivity index (χ2n) is 8.65. The number of ether oxygens (including phenoxy) is 2. The molecule has 4 rings (SSSR count). The van der Waals surface area contributed by atoms with Gasteiger partial charge in [-0.05, 0) is 49.4 Å². The number of aromatic amines is 1. The normalized spacial score (nSPS) is 12.2. The molecule has 0 aliphatic carbocycles. The third kappa shape index (κ3) is 5.25. The summed E-state index contributed by atoms with van der Waals surface area (Å²) in [6.45, 7) is 9.02. The topological polar surface area (TPSA) is 85.0 Å². The van der Waals surface area contributed by atoms with Crippen LogP contribution in [0.15, 0.2) is 48.8 Å². The van der Waals surface area contributed by atoms with Crippen molar-refractivity contribution in [3.05, 3.63) is 60.2 Å². The van der Waals surface area contributed by atoms with Crippen molar-refractivity contribution in [3.8, 4) is 22.6 Å². The monoisotopic (exact) mass is 445 g/mol. The van der Waals surface area contributed by atoms with Gasteiger partial charge in [-0.15, -0.1) is 0 Å². The summed E-state index contributed by atoms with van der Waals surface area (Å²) in [5, 5.41) is 11.4. The number of nitrogens with one attached hydrogen (secondary N) is 2. The molecule has 172 valence electrons. The van der Waals surface area contributed by atoms with Crippen LogP contribution in [0.4, 0.5) is 5.82 Å². The molecule has 0 aliphatic rings. The second-order valence-corrected chi connectivity index (χ2v) is 8.65. The fraction of sp³-hybridized carbons (Fsp3) is 0.346. The number of methoxy groups -OCH3 is 1. The standard InChI is InChI=1S/C26H31N5O2/c1-16(2)9-10-33-25-12-22-23(13-24(25)32-5)30-18(4)31-26(22)29-17(3)19-7-6-8-20(11-19)21-14-27-28-15-21/h6-8,11-17H,9-10H2,1-5H3,(H,27,28)(H,29,30,31). The molecule has 0 spiro atoms. The average Bonchev–Trinajstić information content (AvgIpc) is 3.34. The van der Waals surface area contributed by atoms with Gasteiger partial charge in [0.1, 0.15) is 11.6 Å². The third-order valence-corrected chi connectivity index (χ3v) is 5.62. The predicted molar refractivity (Wildman–Crippen MR) is 132 cm³/mol. The van der Waals surface area contributed by atoms with E-state index >= 15 is 0 Å². The number of aromatic nitrogens is 4. The van der Waals surface area contributed by atoms with Crippen LogP contribution in [0.2, 0.25) is 0 Å². The minimum atomic E-state index is 0.0294. The number of hydrogen-bond acceptors (Lipinski definition) is 6. The van der Waals surface area contributed by atoms with Crippen LogP contribution >= 0.6 is 0 Å². The molecule has 1 unspecified atom stereocenters. The highest BCUT2D eigenvalue weighted by Gasteiger charge is 2.16. The van der Waals surface area contributed by atoms with Crippen molar-refractivity contribution in [2.24, 2.45) is 5.92 Å². The Morgan fingerprint density at radius 3 is 2.61 bits per heavy atom. The van der Waals surface area contributed by atoms with Crippen LogP contribution in [-0.2, 0) is 0 Å². The first-order valence-corrected chi connectivity index (χ1v) is 11.3. The Morgan fingerprint density at radius 2 is 1.88 bits per heavy atom. The average molecular weight is 446 g/mol. The number of aryl methyl sites for hydroxylation is 1. The molecule has 2 heterocycles. The Kier molecular flexibility index (Phi) is 6.77. The van der Waals surface area contributed by atoms with Gasteiger partial charge < -0.3 is 14.8 Å². The lowest BCUT2D eigenvalue weighted by Crippen LogP contribution is -2.10. The van der Waals surface area contributed by atoms with E-state index in [2.05, 4.69) is 65.5 Å². The number of rotatable bonds is 9. The van der Waals surface area contributed by atoms with Crippen LogP contribution in [-0.4, -0.2) is 33.9 Å². The van der Waals surface area contributed by atoms with Gasteiger partial charge in [-0.2, -0.15) is 5.10 Å². The SMILES string of the molecule is COc1cc2nc(C)nc(NC(C)c3cccc(-c4cn[nH]c4)c3)c2cc1OCCC(C)C. The van der Waals surface area contributed by atoms with E-state index < -0.39 is 0 Å². The molecule has 4 aromatic rings. The molecule has 7 nitrogen and oxygen atoms in total. The van der Waals surface area contributed by atoms with Gasteiger partial charge in [-0.3, -0.25) is 5.10 Å². The van der Waals surface area contributed by atoms with Gasteiger partial charge in [0.05, 0.1) is 25.4 Å². The summed E-state index contributed by atoms with van der Waals surface area (Å²) in [7, 11) is 1.65. The van der Waals surface area contributed by atoms with Gasteiger partial charge in [-0.1, -0.05) is 32.0 Å². The highest BCUT2D eigenvalue weighted by atomic mass is 16.5. The van der Waals surface area contributed by atoms with Gasteiger partial charge in [0.2, 0.25) is 0 Å². The van der Waals surface area contributed by atoms with E-state index in [4.69, 9.17) is 14.5 Å². The Hall–Kier alpha value is -3.61. The van der Waals surface area contributed by atoms with Crippen molar-refractivity contribution in [2.45, 2.75) is 40.2 Å². The van der Waals surface area contributed by atoms with Crippen molar-refractivity contribution in [2.75, 3.05) is 19.0 Å². The lowest BCUT2D eigenvalue weighted by molar-refractivity contribution is 0.273. The molecule has 0 bridgehead atoms. The molecular formula is C26H31N5O2. The Balaban J connectivity index is 1.66. The summed E-state index contributed by atoms with van der Waals surface area (Å²) in [6.07, 6.45) is 4.69. The van der Waals surface area contributed by atoms with E-state index in [1.54, 1.807) is 7.11 Å². The summed E-state index contributed by atoms with van der Waals surface area (Å²) >= 11 is 0. The highest BCUT2D eigenvalue weighted by Crippen LogP contribution is 2.35. The number of H-pyrrole nitrogens is 1. The summed E-state index contributed by atoms with van der Waals surface area (Å²) in [4.78, 5) is 9.34. The highest BCUT2D eigenvalue weighted by molar-refractivity contribution is 5.92. The molecule has 0 amide bonds. The zero-order valence-electron chi connectivity index (χ0n) is 19.8. The maximum Gasteiger partial charge on any atom is 0.162 e. The molecule has 0 radical (unpaired) electrons. The Morgan fingerprint density at radius 1 is 1.03 bits per heavy atom. The maximum absolute atomic E-state index is 6.06. The van der Waals surface area contributed by atoms with Gasteiger partial charge in [0, 0.05) is 29.3 Å². The summed E-state index contributed by atoms with van der Waals surface area (Å²) in [5.41, 5.74) is 4.14. The number of hydrogen-bond donors (Lipinski definition) is 2. The fourth-order valence-corrected chi connectivity index (χ4v) is 3.72. The molecule has 2 aromatic heterocycles. The van der Waals surface area contributed by atoms with E-state index in [9.17, 15) is 0 Å². The van der Waals surface area contributed by atoms with Gasteiger partial charge in [-0.25, -0.2) is 9.97 Å². The summed E-state index contributed by atoms with van der Waals surface area (Å²) < 4.78 is 11.6. The quantitative estimate of drug-likeness (QED) is 0.332. The minimum absolute atomic E-state index is 0.0294. The van der Waals surface area contributed by atoms with Crippen molar-refractivity contribution < 1.29 is 9.47 Å². The van der Waals surface area contributed by atoms with Gasteiger partial charge in [0.15, 0.2) is 11.5 Å². The number of nitrogens with zero attached hydrogens (tertiary/aromatic N) is 3. The zero-order chi connectivity index (χ0) is 23.4. The Labute approximate surface area is 194 Å². The van der Waals surface area contributed by atoms with E-state index in [0.29, 0.717) is 29.8 Å². The molecule has 0 fully saturated rings. The van der Waals surface area contributed by atoms with Crippen LogP contribution in [0.1, 0.15) is 44.6 Å². The van der Waals surface area contributed by atoms with Crippen LogP contribution in [0.5, 0.6) is 11.5 Å². The predicted octanol–water partition coefficient (Wildman–Crippen LogP) is 5.93. The van der Waals surface area contributed by atoms with Gasteiger partial charge in [0.25, 0.3) is 0 Å². The van der Waals surface area contributed by atoms with E-state index in [-0.39, 0.29) is 6.04 Å². The van der Waals surface area contributed by atoms with E-state index in [0.717, 1.165) is 39.8 Å². The lowest BCUT2D eigenvalue weighted by Gasteiger charge is -2.19. The first kappa shape index (κ1) is 22.6. The van der Waals surface area contributed by atoms with E-state index in [1.165, 1.54) is 0 Å². The molecular weight excluding hydrogens is 414 g/mol. The largest absolute Gasteiger partial charge is 0.493 e. The molecule has 2 N–H and O–H groups in total. The van der Waals surface area contributed by atoms with E-state index in [1.807, 2.05) is 31.5 Å². The van der Waals surface area contributed by atoms with Crippen LogP contribution < -0.4 is 14.8 Å². The number of anilines is 1. The maximum atomic E-state index is 6.06. The van der Waals surface area contributed by atoms with Crippen LogP contribution in [0.25, 0.3) is 22.0 Å². The number of benzene rings is 2. The molecule has 7 heteroatoms. The Bertz CT molecular complexity index is 1220.